The maximum atomic E-state index is 5.39. The highest BCUT2D eigenvalue weighted by molar-refractivity contribution is 5.90. The van der Waals surface area contributed by atoms with Crippen LogP contribution in [-0.2, 0) is 6.42 Å². The van der Waals surface area contributed by atoms with Gasteiger partial charge in [-0.05, 0) is 68.9 Å². The third-order valence-corrected chi connectivity index (χ3v) is 6.28. The predicted octanol–water partition coefficient (Wildman–Crippen LogP) is 6.17. The van der Waals surface area contributed by atoms with Gasteiger partial charge in [0.25, 0.3) is 0 Å². The second-order valence-corrected chi connectivity index (χ2v) is 8.22. The van der Waals surface area contributed by atoms with Gasteiger partial charge in [-0.1, -0.05) is 41.6 Å². The number of fused-ring (bicyclic) bond motifs is 3. The molecule has 148 valence electrons. The Kier molecular flexibility index (Phi) is 4.51. The summed E-state index contributed by atoms with van der Waals surface area (Å²) in [5.74, 6) is 0.877. The largest absolute Gasteiger partial charge is 0.361 e. The van der Waals surface area contributed by atoms with E-state index < -0.39 is 0 Å². The molecular formula is C25H27N3O. The zero-order valence-corrected chi connectivity index (χ0v) is 17.3. The SMILES string of the molecule is Cc1noc(C)c1-c1ccc2[nH]c3c(c2c1)CCC[C@H]3N[C@H](C)c1ccccc1. The average Bonchev–Trinajstić information content (AvgIpc) is 3.28. The summed E-state index contributed by atoms with van der Waals surface area (Å²) in [4.78, 5) is 3.72. The van der Waals surface area contributed by atoms with E-state index in [2.05, 4.69) is 70.9 Å². The third kappa shape index (κ3) is 3.18. The fourth-order valence-electron chi connectivity index (χ4n) is 4.82. The van der Waals surface area contributed by atoms with Crippen molar-refractivity contribution < 1.29 is 4.52 Å². The highest BCUT2D eigenvalue weighted by atomic mass is 16.5. The minimum Gasteiger partial charge on any atom is -0.361 e. The molecule has 0 aliphatic heterocycles. The fraction of sp³-hybridized carbons (Fsp3) is 0.320. The molecule has 2 heterocycles. The second kappa shape index (κ2) is 7.20. The van der Waals surface area contributed by atoms with Gasteiger partial charge in [0, 0.05) is 34.2 Å². The van der Waals surface area contributed by atoms with E-state index in [4.69, 9.17) is 4.52 Å². The molecule has 4 heteroatoms. The Morgan fingerprint density at radius 3 is 2.72 bits per heavy atom. The number of nitrogens with zero attached hydrogens (tertiary/aromatic N) is 1. The molecule has 0 radical (unpaired) electrons. The van der Waals surface area contributed by atoms with Gasteiger partial charge in [0.05, 0.1) is 5.69 Å². The number of aromatic nitrogens is 2. The molecule has 0 saturated heterocycles. The first-order valence-electron chi connectivity index (χ1n) is 10.5. The van der Waals surface area contributed by atoms with Crippen molar-refractivity contribution in [2.45, 2.75) is 52.1 Å². The molecule has 0 fully saturated rings. The number of aromatic amines is 1. The van der Waals surface area contributed by atoms with Crippen molar-refractivity contribution in [3.63, 3.8) is 0 Å². The van der Waals surface area contributed by atoms with Crippen LogP contribution in [0.25, 0.3) is 22.0 Å². The van der Waals surface area contributed by atoms with Crippen molar-refractivity contribution in [2.24, 2.45) is 0 Å². The number of H-pyrrole nitrogens is 1. The first-order valence-corrected chi connectivity index (χ1v) is 10.5. The number of benzene rings is 2. The molecule has 0 bridgehead atoms. The van der Waals surface area contributed by atoms with E-state index in [1.807, 2.05) is 13.8 Å². The van der Waals surface area contributed by atoms with Gasteiger partial charge in [0.2, 0.25) is 0 Å². The summed E-state index contributed by atoms with van der Waals surface area (Å²) >= 11 is 0. The standard InChI is InChI=1S/C25H27N3O/c1-15(18-8-5-4-6-9-18)26-23-11-7-10-20-21-14-19(12-13-22(21)27-25(20)23)24-16(2)28-29-17(24)3/h4-6,8-9,12-15,23,26-27H,7,10-11H2,1-3H3/t15-,23-/m1/s1. The summed E-state index contributed by atoms with van der Waals surface area (Å²) in [6.45, 7) is 6.24. The van der Waals surface area contributed by atoms with Gasteiger partial charge in [-0.25, -0.2) is 0 Å². The van der Waals surface area contributed by atoms with Crippen LogP contribution in [-0.4, -0.2) is 10.1 Å². The lowest BCUT2D eigenvalue weighted by atomic mass is 9.90. The molecule has 5 rings (SSSR count). The smallest absolute Gasteiger partial charge is 0.141 e. The van der Waals surface area contributed by atoms with Crippen molar-refractivity contribution in [3.8, 4) is 11.1 Å². The van der Waals surface area contributed by atoms with Crippen LogP contribution in [0.5, 0.6) is 0 Å². The molecule has 0 saturated carbocycles. The van der Waals surface area contributed by atoms with Gasteiger partial charge < -0.3 is 14.8 Å². The van der Waals surface area contributed by atoms with E-state index in [1.165, 1.54) is 39.7 Å². The summed E-state index contributed by atoms with van der Waals surface area (Å²) in [6.07, 6.45) is 3.49. The van der Waals surface area contributed by atoms with Crippen LogP contribution >= 0.6 is 0 Å². The lowest BCUT2D eigenvalue weighted by Crippen LogP contribution is -2.27. The number of hydrogen-bond acceptors (Lipinski definition) is 3. The maximum Gasteiger partial charge on any atom is 0.141 e. The zero-order valence-electron chi connectivity index (χ0n) is 17.3. The molecule has 2 aromatic carbocycles. The van der Waals surface area contributed by atoms with E-state index in [9.17, 15) is 0 Å². The molecule has 2 aromatic heterocycles. The second-order valence-electron chi connectivity index (χ2n) is 8.22. The fourth-order valence-corrected chi connectivity index (χ4v) is 4.82. The zero-order chi connectivity index (χ0) is 20.0. The van der Waals surface area contributed by atoms with E-state index in [0.717, 1.165) is 29.9 Å². The van der Waals surface area contributed by atoms with Crippen LogP contribution in [0.15, 0.2) is 53.1 Å². The Labute approximate surface area is 171 Å². The van der Waals surface area contributed by atoms with Crippen LogP contribution in [0.4, 0.5) is 0 Å². The molecule has 29 heavy (non-hydrogen) atoms. The third-order valence-electron chi connectivity index (χ3n) is 6.28. The summed E-state index contributed by atoms with van der Waals surface area (Å²) < 4.78 is 5.39. The molecule has 0 unspecified atom stereocenters. The Hall–Kier alpha value is -2.85. The maximum absolute atomic E-state index is 5.39. The van der Waals surface area contributed by atoms with Crippen LogP contribution in [0, 0.1) is 13.8 Å². The average molecular weight is 386 g/mol. The van der Waals surface area contributed by atoms with Gasteiger partial charge in [-0.3, -0.25) is 0 Å². The number of rotatable bonds is 4. The van der Waals surface area contributed by atoms with Crippen LogP contribution < -0.4 is 5.32 Å². The molecule has 1 aliphatic carbocycles. The van der Waals surface area contributed by atoms with Gasteiger partial charge in [0.15, 0.2) is 0 Å². The molecular weight excluding hydrogens is 358 g/mol. The van der Waals surface area contributed by atoms with Crippen molar-refractivity contribution in [3.05, 3.63) is 76.8 Å². The molecule has 2 N–H and O–H groups in total. The molecule has 1 aliphatic rings. The molecule has 0 spiro atoms. The minimum absolute atomic E-state index is 0.316. The number of aryl methyl sites for hydroxylation is 3. The summed E-state index contributed by atoms with van der Waals surface area (Å²) in [6, 6.07) is 18.0. The normalized spacial score (nSPS) is 17.4. The topological polar surface area (TPSA) is 53.9 Å². The highest BCUT2D eigenvalue weighted by Crippen LogP contribution is 2.38. The Morgan fingerprint density at radius 2 is 1.97 bits per heavy atom. The first-order chi connectivity index (χ1) is 14.1. The van der Waals surface area contributed by atoms with Crippen LogP contribution in [0.3, 0.4) is 0 Å². The molecule has 0 amide bonds. The van der Waals surface area contributed by atoms with Gasteiger partial charge in [-0.15, -0.1) is 0 Å². The first kappa shape index (κ1) is 18.2. The Morgan fingerprint density at radius 1 is 1.14 bits per heavy atom. The highest BCUT2D eigenvalue weighted by Gasteiger charge is 2.26. The lowest BCUT2D eigenvalue weighted by Gasteiger charge is -2.27. The lowest BCUT2D eigenvalue weighted by molar-refractivity contribution is 0.393. The van der Waals surface area contributed by atoms with Gasteiger partial charge >= 0.3 is 0 Å². The van der Waals surface area contributed by atoms with Gasteiger partial charge in [-0.2, -0.15) is 0 Å². The summed E-state index contributed by atoms with van der Waals surface area (Å²) in [7, 11) is 0. The van der Waals surface area contributed by atoms with E-state index in [0.29, 0.717) is 12.1 Å². The summed E-state index contributed by atoms with van der Waals surface area (Å²) in [5, 5.41) is 9.31. The number of hydrogen-bond donors (Lipinski definition) is 2. The van der Waals surface area contributed by atoms with E-state index >= 15 is 0 Å². The molecule has 2 atom stereocenters. The molecule has 4 aromatic rings. The quantitative estimate of drug-likeness (QED) is 0.442. The van der Waals surface area contributed by atoms with Gasteiger partial charge in [0.1, 0.15) is 5.76 Å². The monoisotopic (exact) mass is 385 g/mol. The Bertz CT molecular complexity index is 1140. The predicted molar refractivity (Wildman–Crippen MR) is 117 cm³/mol. The summed E-state index contributed by atoms with van der Waals surface area (Å²) in [5.41, 5.74) is 8.60. The minimum atomic E-state index is 0.316. The van der Waals surface area contributed by atoms with Crippen LogP contribution in [0.1, 0.15) is 60.1 Å². The van der Waals surface area contributed by atoms with Crippen molar-refractivity contribution in [1.29, 1.82) is 0 Å². The van der Waals surface area contributed by atoms with Crippen molar-refractivity contribution in [2.75, 3.05) is 0 Å². The number of nitrogens with one attached hydrogen (secondary N) is 2. The van der Waals surface area contributed by atoms with E-state index in [-0.39, 0.29) is 0 Å². The van der Waals surface area contributed by atoms with Crippen LogP contribution in [0.2, 0.25) is 0 Å². The Balaban J connectivity index is 1.51. The van der Waals surface area contributed by atoms with E-state index in [1.54, 1.807) is 0 Å². The van der Waals surface area contributed by atoms with Crippen molar-refractivity contribution in [1.82, 2.24) is 15.5 Å². The molecule has 4 nitrogen and oxygen atoms in total. The van der Waals surface area contributed by atoms with Crippen molar-refractivity contribution >= 4 is 10.9 Å².